The maximum atomic E-state index is 11.9. The van der Waals surface area contributed by atoms with Crippen LogP contribution in [0.2, 0.25) is 0 Å². The number of carbonyl (C=O) groups is 1. The molecule has 19 heavy (non-hydrogen) atoms. The second-order valence-corrected chi connectivity index (χ2v) is 4.18. The fourth-order valence-corrected chi connectivity index (χ4v) is 1.87. The summed E-state index contributed by atoms with van der Waals surface area (Å²) in [5.74, 6) is 0.366. The van der Waals surface area contributed by atoms with E-state index < -0.39 is 0 Å². The molecule has 2 heterocycles. The van der Waals surface area contributed by atoms with Gasteiger partial charge in [0.1, 0.15) is 0 Å². The van der Waals surface area contributed by atoms with Crippen LogP contribution in [0.4, 0.5) is 5.95 Å². The molecular formula is C14H12N4O. The highest BCUT2D eigenvalue weighted by atomic mass is 16.1. The van der Waals surface area contributed by atoms with Gasteiger partial charge in [-0.2, -0.15) is 0 Å². The van der Waals surface area contributed by atoms with E-state index in [9.17, 15) is 4.79 Å². The van der Waals surface area contributed by atoms with Gasteiger partial charge in [-0.25, -0.2) is 4.98 Å². The van der Waals surface area contributed by atoms with Crippen molar-refractivity contribution in [1.29, 1.82) is 0 Å². The number of benzene rings is 1. The molecule has 0 unspecified atom stereocenters. The second kappa shape index (κ2) is 4.89. The highest BCUT2D eigenvalue weighted by Crippen LogP contribution is 2.13. The molecule has 1 amide bonds. The first-order valence-corrected chi connectivity index (χ1v) is 5.95. The summed E-state index contributed by atoms with van der Waals surface area (Å²) in [5, 5.41) is 2.75. The predicted molar refractivity (Wildman–Crippen MR) is 72.7 cm³/mol. The number of fused-ring (bicyclic) bond motifs is 1. The minimum Gasteiger partial charge on any atom is -0.324 e. The van der Waals surface area contributed by atoms with E-state index in [1.807, 2.05) is 36.4 Å². The van der Waals surface area contributed by atoms with E-state index in [-0.39, 0.29) is 5.91 Å². The Labute approximate surface area is 109 Å². The smallest absolute Gasteiger partial charge is 0.231 e. The first-order valence-electron chi connectivity index (χ1n) is 5.95. The van der Waals surface area contributed by atoms with Crippen molar-refractivity contribution < 1.29 is 4.79 Å². The molecule has 0 aliphatic carbocycles. The zero-order valence-electron chi connectivity index (χ0n) is 10.1. The number of pyridine rings is 1. The number of H-pyrrole nitrogens is 1. The standard InChI is InChI=1S/C14H12N4O/c19-13(9-10-5-7-15-8-6-10)18-14-16-11-3-1-2-4-12(11)17-14/h1-8H,9H2,(H2,16,17,18,19). The molecule has 0 aliphatic rings. The first-order chi connectivity index (χ1) is 9.31. The largest absolute Gasteiger partial charge is 0.324 e. The van der Waals surface area contributed by atoms with Crippen molar-refractivity contribution in [3.63, 3.8) is 0 Å². The van der Waals surface area contributed by atoms with E-state index in [4.69, 9.17) is 0 Å². The normalized spacial score (nSPS) is 10.5. The van der Waals surface area contributed by atoms with E-state index in [0.29, 0.717) is 12.4 Å². The van der Waals surface area contributed by atoms with E-state index in [0.717, 1.165) is 16.6 Å². The van der Waals surface area contributed by atoms with Gasteiger partial charge in [0.15, 0.2) is 0 Å². The number of amides is 1. The fraction of sp³-hybridized carbons (Fsp3) is 0.0714. The van der Waals surface area contributed by atoms with E-state index in [2.05, 4.69) is 20.3 Å². The van der Waals surface area contributed by atoms with Crippen LogP contribution in [0.25, 0.3) is 11.0 Å². The number of aromatic amines is 1. The summed E-state index contributed by atoms with van der Waals surface area (Å²) in [7, 11) is 0. The van der Waals surface area contributed by atoms with Gasteiger partial charge >= 0.3 is 0 Å². The minimum absolute atomic E-state index is 0.106. The topological polar surface area (TPSA) is 70.7 Å². The molecule has 0 aliphatic heterocycles. The molecule has 2 N–H and O–H groups in total. The Morgan fingerprint density at radius 1 is 1.16 bits per heavy atom. The van der Waals surface area contributed by atoms with Crippen molar-refractivity contribution >= 4 is 22.9 Å². The third-order valence-corrected chi connectivity index (χ3v) is 2.76. The molecule has 0 saturated heterocycles. The van der Waals surface area contributed by atoms with Gasteiger partial charge in [0.2, 0.25) is 11.9 Å². The average Bonchev–Trinajstić information content (AvgIpc) is 2.81. The lowest BCUT2D eigenvalue weighted by molar-refractivity contribution is -0.115. The quantitative estimate of drug-likeness (QED) is 0.750. The van der Waals surface area contributed by atoms with Gasteiger partial charge in [0.05, 0.1) is 17.5 Å². The van der Waals surface area contributed by atoms with Crippen LogP contribution in [-0.2, 0) is 11.2 Å². The van der Waals surface area contributed by atoms with Crippen LogP contribution in [0.1, 0.15) is 5.56 Å². The van der Waals surface area contributed by atoms with Gasteiger partial charge in [-0.05, 0) is 29.8 Å². The maximum Gasteiger partial charge on any atom is 0.231 e. The summed E-state index contributed by atoms with van der Waals surface area (Å²) in [6.07, 6.45) is 3.65. The third-order valence-electron chi connectivity index (χ3n) is 2.76. The predicted octanol–water partition coefficient (Wildman–Crippen LogP) is 2.14. The molecule has 0 bridgehead atoms. The Morgan fingerprint density at radius 2 is 1.95 bits per heavy atom. The summed E-state index contributed by atoms with van der Waals surface area (Å²) >= 11 is 0. The molecular weight excluding hydrogens is 240 g/mol. The van der Waals surface area contributed by atoms with Crippen LogP contribution < -0.4 is 5.32 Å². The van der Waals surface area contributed by atoms with Gasteiger partial charge in [-0.3, -0.25) is 15.1 Å². The molecule has 0 spiro atoms. The zero-order chi connectivity index (χ0) is 13.1. The van der Waals surface area contributed by atoms with Crippen molar-refractivity contribution in [1.82, 2.24) is 15.0 Å². The maximum absolute atomic E-state index is 11.9. The minimum atomic E-state index is -0.106. The van der Waals surface area contributed by atoms with Crippen LogP contribution in [0, 0.1) is 0 Å². The summed E-state index contributed by atoms with van der Waals surface area (Å²) in [6, 6.07) is 11.3. The Hall–Kier alpha value is -2.69. The number of rotatable bonds is 3. The summed E-state index contributed by atoms with van der Waals surface area (Å²) in [6.45, 7) is 0. The molecule has 94 valence electrons. The number of nitrogens with one attached hydrogen (secondary N) is 2. The van der Waals surface area contributed by atoms with Crippen LogP contribution in [0.3, 0.4) is 0 Å². The number of carbonyl (C=O) groups excluding carboxylic acids is 1. The molecule has 0 radical (unpaired) electrons. The van der Waals surface area contributed by atoms with Gasteiger partial charge in [0, 0.05) is 12.4 Å². The van der Waals surface area contributed by atoms with E-state index in [1.165, 1.54) is 0 Å². The van der Waals surface area contributed by atoms with Crippen LogP contribution in [0.5, 0.6) is 0 Å². The Balaban J connectivity index is 1.72. The van der Waals surface area contributed by atoms with Crippen LogP contribution >= 0.6 is 0 Å². The molecule has 5 heteroatoms. The van der Waals surface area contributed by atoms with Crippen molar-refractivity contribution in [2.75, 3.05) is 5.32 Å². The molecule has 1 aromatic carbocycles. The number of aromatic nitrogens is 3. The fourth-order valence-electron chi connectivity index (χ4n) is 1.87. The lowest BCUT2D eigenvalue weighted by atomic mass is 10.2. The van der Waals surface area contributed by atoms with Crippen molar-refractivity contribution in [2.24, 2.45) is 0 Å². The number of hydrogen-bond acceptors (Lipinski definition) is 3. The molecule has 2 aromatic heterocycles. The van der Waals surface area contributed by atoms with E-state index >= 15 is 0 Å². The lowest BCUT2D eigenvalue weighted by Crippen LogP contribution is -2.15. The molecule has 0 saturated carbocycles. The SMILES string of the molecule is O=C(Cc1ccncc1)Nc1nc2ccccc2[nH]1. The van der Waals surface area contributed by atoms with Crippen LogP contribution in [-0.4, -0.2) is 20.9 Å². The average molecular weight is 252 g/mol. The van der Waals surface area contributed by atoms with Gasteiger partial charge < -0.3 is 4.98 Å². The Morgan fingerprint density at radius 3 is 2.74 bits per heavy atom. The molecule has 5 nitrogen and oxygen atoms in total. The van der Waals surface area contributed by atoms with Gasteiger partial charge in [-0.15, -0.1) is 0 Å². The van der Waals surface area contributed by atoms with Gasteiger partial charge in [-0.1, -0.05) is 12.1 Å². The molecule has 0 fully saturated rings. The van der Waals surface area contributed by atoms with Crippen molar-refractivity contribution in [2.45, 2.75) is 6.42 Å². The Bertz CT molecular complexity index is 673. The number of hydrogen-bond donors (Lipinski definition) is 2. The summed E-state index contributed by atoms with van der Waals surface area (Å²) < 4.78 is 0. The number of para-hydroxylation sites is 2. The lowest BCUT2D eigenvalue weighted by Gasteiger charge is -2.01. The number of nitrogens with zero attached hydrogens (tertiary/aromatic N) is 2. The first kappa shape index (κ1) is 11.4. The summed E-state index contributed by atoms with van der Waals surface area (Å²) in [5.41, 5.74) is 2.66. The summed E-state index contributed by atoms with van der Waals surface area (Å²) in [4.78, 5) is 23.1. The molecule has 3 aromatic rings. The van der Waals surface area contributed by atoms with Crippen LogP contribution in [0.15, 0.2) is 48.8 Å². The highest BCUT2D eigenvalue weighted by molar-refractivity contribution is 5.92. The number of anilines is 1. The number of imidazole rings is 1. The van der Waals surface area contributed by atoms with Crippen molar-refractivity contribution in [3.05, 3.63) is 54.4 Å². The van der Waals surface area contributed by atoms with E-state index in [1.54, 1.807) is 12.4 Å². The third kappa shape index (κ3) is 2.60. The molecule has 0 atom stereocenters. The Kier molecular flexibility index (Phi) is 2.94. The zero-order valence-corrected chi connectivity index (χ0v) is 10.1. The van der Waals surface area contributed by atoms with Crippen molar-refractivity contribution in [3.8, 4) is 0 Å². The van der Waals surface area contributed by atoms with Gasteiger partial charge in [0.25, 0.3) is 0 Å². The second-order valence-electron chi connectivity index (χ2n) is 4.18. The highest BCUT2D eigenvalue weighted by Gasteiger charge is 2.07. The monoisotopic (exact) mass is 252 g/mol. The molecule has 3 rings (SSSR count).